The summed E-state index contributed by atoms with van der Waals surface area (Å²) in [5.74, 6) is 2.14. The van der Waals surface area contributed by atoms with Gasteiger partial charge in [-0.05, 0) is 29.7 Å². The zero-order valence-electron chi connectivity index (χ0n) is 14.6. The highest BCUT2D eigenvalue weighted by Gasteiger charge is 2.16. The minimum Gasteiger partial charge on any atom is -0.486 e. The molecule has 0 aliphatic carbocycles. The van der Waals surface area contributed by atoms with Crippen molar-refractivity contribution in [2.75, 3.05) is 26.8 Å². The summed E-state index contributed by atoms with van der Waals surface area (Å²) in [6, 6.07) is 14.1. The number of guanidine groups is 1. The van der Waals surface area contributed by atoms with Gasteiger partial charge in [-0.25, -0.2) is 0 Å². The van der Waals surface area contributed by atoms with Gasteiger partial charge in [0.2, 0.25) is 0 Å². The second-order valence-electron chi connectivity index (χ2n) is 5.69. The fourth-order valence-electron chi connectivity index (χ4n) is 2.64. The van der Waals surface area contributed by atoms with Crippen molar-refractivity contribution in [2.45, 2.75) is 13.0 Å². The van der Waals surface area contributed by atoms with Gasteiger partial charge in [0.25, 0.3) is 0 Å². The summed E-state index contributed by atoms with van der Waals surface area (Å²) in [6.45, 7) is 2.57. The highest BCUT2D eigenvalue weighted by Crippen LogP contribution is 2.38. The third-order valence-corrected chi connectivity index (χ3v) is 4.17. The molecule has 0 spiro atoms. The van der Waals surface area contributed by atoms with Crippen LogP contribution in [0.2, 0.25) is 5.02 Å². The number of hydrogen-bond donors (Lipinski definition) is 2. The predicted octanol–water partition coefficient (Wildman–Crippen LogP) is 3.64. The SMILES string of the molecule is CN=C(NCCc1cc(Cl)c2c(c1)OCCO2)NCc1ccccc1.I. The lowest BCUT2D eigenvalue weighted by Gasteiger charge is -2.20. The lowest BCUT2D eigenvalue weighted by atomic mass is 10.1. The maximum Gasteiger partial charge on any atom is 0.191 e. The van der Waals surface area contributed by atoms with Crippen LogP contribution in [0.25, 0.3) is 0 Å². The zero-order valence-corrected chi connectivity index (χ0v) is 17.7. The van der Waals surface area contributed by atoms with Crippen molar-refractivity contribution < 1.29 is 9.47 Å². The van der Waals surface area contributed by atoms with Gasteiger partial charge in [-0.1, -0.05) is 41.9 Å². The lowest BCUT2D eigenvalue weighted by Crippen LogP contribution is -2.37. The molecule has 0 bridgehead atoms. The average Bonchev–Trinajstić information content (AvgIpc) is 2.65. The monoisotopic (exact) mass is 487 g/mol. The van der Waals surface area contributed by atoms with Crippen molar-refractivity contribution in [3.63, 3.8) is 0 Å². The Labute approximate surface area is 176 Å². The highest BCUT2D eigenvalue weighted by atomic mass is 127. The highest BCUT2D eigenvalue weighted by molar-refractivity contribution is 14.0. The maximum atomic E-state index is 6.27. The molecule has 2 aromatic carbocycles. The third kappa shape index (κ3) is 5.67. The molecule has 0 atom stereocenters. The summed E-state index contributed by atoms with van der Waals surface area (Å²) >= 11 is 6.27. The van der Waals surface area contributed by atoms with E-state index < -0.39 is 0 Å². The van der Waals surface area contributed by atoms with Crippen LogP contribution in [0.15, 0.2) is 47.5 Å². The molecule has 0 saturated heterocycles. The summed E-state index contributed by atoms with van der Waals surface area (Å²) in [5, 5.41) is 7.21. The van der Waals surface area contributed by atoms with Gasteiger partial charge in [-0.15, -0.1) is 24.0 Å². The van der Waals surface area contributed by atoms with Crippen molar-refractivity contribution in [3.8, 4) is 11.5 Å². The smallest absolute Gasteiger partial charge is 0.191 e. The van der Waals surface area contributed by atoms with Crippen LogP contribution in [0.4, 0.5) is 0 Å². The third-order valence-electron chi connectivity index (χ3n) is 3.89. The molecule has 1 heterocycles. The Morgan fingerprint density at radius 2 is 1.85 bits per heavy atom. The van der Waals surface area contributed by atoms with Gasteiger partial charge >= 0.3 is 0 Å². The van der Waals surface area contributed by atoms with Gasteiger partial charge in [0.05, 0.1) is 5.02 Å². The van der Waals surface area contributed by atoms with Crippen LogP contribution in [-0.2, 0) is 13.0 Å². The van der Waals surface area contributed by atoms with Crippen molar-refractivity contribution in [1.29, 1.82) is 0 Å². The fraction of sp³-hybridized carbons (Fsp3) is 0.316. The Kier molecular flexibility index (Phi) is 8.31. The summed E-state index contributed by atoms with van der Waals surface area (Å²) in [5.41, 5.74) is 2.31. The van der Waals surface area contributed by atoms with E-state index in [9.17, 15) is 0 Å². The molecule has 140 valence electrons. The molecule has 0 unspecified atom stereocenters. The van der Waals surface area contributed by atoms with Crippen LogP contribution in [0, 0.1) is 0 Å². The molecule has 0 saturated carbocycles. The van der Waals surface area contributed by atoms with Gasteiger partial charge in [-0.3, -0.25) is 4.99 Å². The average molecular weight is 488 g/mol. The number of nitrogens with one attached hydrogen (secondary N) is 2. The molecule has 2 aromatic rings. The summed E-state index contributed by atoms with van der Waals surface area (Å²) in [4.78, 5) is 4.25. The molecule has 3 rings (SSSR count). The fourth-order valence-corrected chi connectivity index (χ4v) is 2.92. The maximum absolute atomic E-state index is 6.27. The quantitative estimate of drug-likeness (QED) is 0.384. The molecule has 0 amide bonds. The molecule has 7 heteroatoms. The predicted molar refractivity (Wildman–Crippen MR) is 116 cm³/mol. The van der Waals surface area contributed by atoms with E-state index in [1.54, 1.807) is 7.05 Å². The molecule has 26 heavy (non-hydrogen) atoms. The standard InChI is InChI=1S/C19H22ClN3O2.HI/c1-21-19(23-13-14-5-3-2-4-6-14)22-8-7-15-11-16(20)18-17(12-15)24-9-10-25-18;/h2-6,11-12H,7-10,13H2,1H3,(H2,21,22,23);1H. The van der Waals surface area contributed by atoms with Gasteiger partial charge in [-0.2, -0.15) is 0 Å². The van der Waals surface area contributed by atoms with Crippen LogP contribution in [-0.4, -0.2) is 32.8 Å². The van der Waals surface area contributed by atoms with Gasteiger partial charge in [0, 0.05) is 20.1 Å². The molecule has 2 N–H and O–H groups in total. The number of halogens is 2. The van der Waals surface area contributed by atoms with Crippen molar-refractivity contribution in [2.24, 2.45) is 4.99 Å². The first-order valence-corrected chi connectivity index (χ1v) is 8.70. The molecule has 0 fully saturated rings. The van der Waals surface area contributed by atoms with Crippen LogP contribution in [0.3, 0.4) is 0 Å². The van der Waals surface area contributed by atoms with Crippen molar-refractivity contribution >= 4 is 41.5 Å². The first-order chi connectivity index (χ1) is 12.3. The van der Waals surface area contributed by atoms with Crippen LogP contribution >= 0.6 is 35.6 Å². The topological polar surface area (TPSA) is 54.9 Å². The van der Waals surface area contributed by atoms with E-state index >= 15 is 0 Å². The Morgan fingerprint density at radius 1 is 1.08 bits per heavy atom. The molecule has 5 nitrogen and oxygen atoms in total. The Morgan fingerprint density at radius 3 is 2.62 bits per heavy atom. The normalized spacial score (nSPS) is 12.9. The molecule has 1 aliphatic rings. The second-order valence-corrected chi connectivity index (χ2v) is 6.10. The van der Waals surface area contributed by atoms with E-state index in [0.29, 0.717) is 24.0 Å². The minimum absolute atomic E-state index is 0. The van der Waals surface area contributed by atoms with E-state index in [-0.39, 0.29) is 24.0 Å². The largest absolute Gasteiger partial charge is 0.486 e. The number of ether oxygens (including phenoxy) is 2. The Hall–Kier alpha value is -1.67. The van der Waals surface area contributed by atoms with Crippen LogP contribution < -0.4 is 20.1 Å². The van der Waals surface area contributed by atoms with E-state index in [2.05, 4.69) is 27.8 Å². The first-order valence-electron chi connectivity index (χ1n) is 8.32. The van der Waals surface area contributed by atoms with E-state index in [1.807, 2.05) is 30.3 Å². The molecular weight excluding hydrogens is 465 g/mol. The van der Waals surface area contributed by atoms with Gasteiger partial charge < -0.3 is 20.1 Å². The van der Waals surface area contributed by atoms with Crippen molar-refractivity contribution in [1.82, 2.24) is 10.6 Å². The number of rotatable bonds is 5. The summed E-state index contributed by atoms with van der Waals surface area (Å²) in [7, 11) is 1.77. The Bertz CT molecular complexity index is 741. The lowest BCUT2D eigenvalue weighted by molar-refractivity contribution is 0.171. The van der Waals surface area contributed by atoms with E-state index in [1.165, 1.54) is 5.56 Å². The molecule has 0 aromatic heterocycles. The van der Waals surface area contributed by atoms with E-state index in [0.717, 1.165) is 36.8 Å². The number of nitrogens with zero attached hydrogens (tertiary/aromatic N) is 1. The van der Waals surface area contributed by atoms with Gasteiger partial charge in [0.15, 0.2) is 17.5 Å². The zero-order chi connectivity index (χ0) is 17.5. The summed E-state index contributed by atoms with van der Waals surface area (Å²) in [6.07, 6.45) is 0.808. The van der Waals surface area contributed by atoms with E-state index in [4.69, 9.17) is 21.1 Å². The minimum atomic E-state index is 0. The Balaban J connectivity index is 0.00000243. The number of fused-ring (bicyclic) bond motifs is 1. The van der Waals surface area contributed by atoms with Gasteiger partial charge in [0.1, 0.15) is 13.2 Å². The summed E-state index contributed by atoms with van der Waals surface area (Å²) < 4.78 is 11.2. The van der Waals surface area contributed by atoms with Crippen LogP contribution in [0.1, 0.15) is 11.1 Å². The molecule has 1 aliphatic heterocycles. The molecule has 0 radical (unpaired) electrons. The second kappa shape index (κ2) is 10.5. The molecular formula is C19H23ClIN3O2. The number of hydrogen-bond acceptors (Lipinski definition) is 3. The number of aliphatic imine (C=N–C) groups is 1. The first kappa shape index (κ1) is 20.6. The number of benzene rings is 2. The van der Waals surface area contributed by atoms with Crippen LogP contribution in [0.5, 0.6) is 11.5 Å². The van der Waals surface area contributed by atoms with Crippen molar-refractivity contribution in [3.05, 3.63) is 58.6 Å².